The molecule has 2 aromatic carbocycles. The fourth-order valence-electron chi connectivity index (χ4n) is 1.96. The molecule has 21 heavy (non-hydrogen) atoms. The number of carbonyl (C=O) groups is 1. The Hall–Kier alpha value is -1.96. The highest BCUT2D eigenvalue weighted by Crippen LogP contribution is 2.27. The van der Waals surface area contributed by atoms with E-state index in [0.29, 0.717) is 22.4 Å². The molecule has 1 N–H and O–H groups in total. The molecule has 0 aromatic heterocycles. The fourth-order valence-corrected chi connectivity index (χ4v) is 2.51. The molecular weight excluding hydrogens is 383 g/mol. The van der Waals surface area contributed by atoms with Crippen LogP contribution in [0.15, 0.2) is 36.4 Å². The Bertz CT molecular complexity index is 729. The number of nitro groups is 1. The Morgan fingerprint density at radius 3 is 2.52 bits per heavy atom. The predicted octanol–water partition coefficient (Wildman–Crippen LogP) is 4.07. The highest BCUT2D eigenvalue weighted by Gasteiger charge is 2.16. The number of nitro benzene ring substituents is 1. The van der Waals surface area contributed by atoms with Gasteiger partial charge in [0.25, 0.3) is 11.6 Å². The van der Waals surface area contributed by atoms with Gasteiger partial charge < -0.3 is 5.32 Å². The summed E-state index contributed by atoms with van der Waals surface area (Å²) in [4.78, 5) is 22.7. The number of carbonyl (C=O) groups excluding carboxylic acids is 1. The first-order chi connectivity index (χ1) is 9.90. The molecule has 0 radical (unpaired) electrons. The summed E-state index contributed by atoms with van der Waals surface area (Å²) in [6.07, 6.45) is 0. The van der Waals surface area contributed by atoms with Gasteiger partial charge >= 0.3 is 0 Å². The smallest absolute Gasteiger partial charge is 0.272 e. The maximum Gasteiger partial charge on any atom is 0.272 e. The summed E-state index contributed by atoms with van der Waals surface area (Å²) in [5.74, 6) is -0.232. The molecule has 108 valence electrons. The highest BCUT2D eigenvalue weighted by molar-refractivity contribution is 14.1. The van der Waals surface area contributed by atoms with E-state index in [9.17, 15) is 14.9 Å². The summed E-state index contributed by atoms with van der Waals surface area (Å²) >= 11 is 2.14. The molecule has 6 heteroatoms. The van der Waals surface area contributed by atoms with Crippen molar-refractivity contribution in [2.24, 2.45) is 0 Å². The monoisotopic (exact) mass is 396 g/mol. The van der Waals surface area contributed by atoms with Crippen molar-refractivity contribution < 1.29 is 9.72 Å². The summed E-state index contributed by atoms with van der Waals surface area (Å²) in [7, 11) is 0. The van der Waals surface area contributed by atoms with Crippen molar-refractivity contribution >= 4 is 39.9 Å². The first kappa shape index (κ1) is 15.4. The van der Waals surface area contributed by atoms with Crippen molar-refractivity contribution in [1.82, 2.24) is 0 Å². The minimum atomic E-state index is -0.423. The van der Waals surface area contributed by atoms with Crippen molar-refractivity contribution in [2.75, 3.05) is 5.32 Å². The van der Waals surface area contributed by atoms with Crippen LogP contribution in [0.25, 0.3) is 0 Å². The van der Waals surface area contributed by atoms with Gasteiger partial charge in [0.05, 0.1) is 4.92 Å². The van der Waals surface area contributed by atoms with Crippen LogP contribution < -0.4 is 5.32 Å². The van der Waals surface area contributed by atoms with Gasteiger partial charge in [0, 0.05) is 26.5 Å². The number of nitrogens with zero attached hydrogens (tertiary/aromatic N) is 1. The molecule has 0 aliphatic heterocycles. The molecule has 0 bridgehead atoms. The van der Waals surface area contributed by atoms with Crippen LogP contribution in [0.4, 0.5) is 11.4 Å². The third-order valence-electron chi connectivity index (χ3n) is 3.29. The standard InChI is InChI=1S/C15H13IN2O3/c1-9-10(2)14(18(20)21)7-6-13(9)17-15(19)11-4-3-5-12(16)8-11/h3-8H,1-2H3,(H,17,19). The summed E-state index contributed by atoms with van der Waals surface area (Å²) in [5.41, 5.74) is 2.45. The molecule has 2 rings (SSSR count). The predicted molar refractivity (Wildman–Crippen MR) is 89.7 cm³/mol. The lowest BCUT2D eigenvalue weighted by molar-refractivity contribution is -0.385. The number of rotatable bonds is 3. The highest BCUT2D eigenvalue weighted by atomic mass is 127. The lowest BCUT2D eigenvalue weighted by atomic mass is 10.1. The lowest BCUT2D eigenvalue weighted by Crippen LogP contribution is -2.13. The van der Waals surface area contributed by atoms with E-state index in [2.05, 4.69) is 27.9 Å². The Labute approximate surface area is 135 Å². The molecule has 0 spiro atoms. The van der Waals surface area contributed by atoms with E-state index in [0.717, 1.165) is 3.57 Å². The average molecular weight is 396 g/mol. The maximum absolute atomic E-state index is 12.2. The van der Waals surface area contributed by atoms with Gasteiger partial charge in [-0.1, -0.05) is 6.07 Å². The van der Waals surface area contributed by atoms with E-state index in [4.69, 9.17) is 0 Å². The number of benzene rings is 2. The number of nitrogens with one attached hydrogen (secondary N) is 1. The van der Waals surface area contributed by atoms with E-state index < -0.39 is 4.92 Å². The molecular formula is C15H13IN2O3. The maximum atomic E-state index is 12.2. The first-order valence-electron chi connectivity index (χ1n) is 6.21. The summed E-state index contributed by atoms with van der Waals surface area (Å²) in [6.45, 7) is 3.43. The molecule has 1 amide bonds. The van der Waals surface area contributed by atoms with Crippen molar-refractivity contribution in [3.63, 3.8) is 0 Å². The first-order valence-corrected chi connectivity index (χ1v) is 7.29. The summed E-state index contributed by atoms with van der Waals surface area (Å²) < 4.78 is 0.969. The van der Waals surface area contributed by atoms with Gasteiger partial charge in [-0.25, -0.2) is 0 Å². The van der Waals surface area contributed by atoms with E-state index >= 15 is 0 Å². The molecule has 5 nitrogen and oxygen atoms in total. The molecule has 0 unspecified atom stereocenters. The quantitative estimate of drug-likeness (QED) is 0.483. The summed E-state index contributed by atoms with van der Waals surface area (Å²) in [5, 5.41) is 13.7. The second-order valence-electron chi connectivity index (χ2n) is 4.60. The van der Waals surface area contributed by atoms with Crippen molar-refractivity contribution in [3.05, 3.63) is 66.8 Å². The summed E-state index contributed by atoms with van der Waals surface area (Å²) in [6, 6.07) is 10.2. The van der Waals surface area contributed by atoms with Crippen LogP contribution in [-0.4, -0.2) is 10.8 Å². The Kier molecular flexibility index (Phi) is 4.56. The van der Waals surface area contributed by atoms with Crippen LogP contribution in [0.3, 0.4) is 0 Å². The van der Waals surface area contributed by atoms with Gasteiger partial charge in [-0.15, -0.1) is 0 Å². The molecule has 0 saturated heterocycles. The van der Waals surface area contributed by atoms with Gasteiger partial charge in [0.1, 0.15) is 0 Å². The molecule has 0 saturated carbocycles. The minimum Gasteiger partial charge on any atom is -0.322 e. The molecule has 0 aliphatic rings. The SMILES string of the molecule is Cc1c(NC(=O)c2cccc(I)c2)ccc([N+](=O)[O-])c1C. The van der Waals surface area contributed by atoms with E-state index in [1.54, 1.807) is 32.0 Å². The number of halogens is 1. The normalized spacial score (nSPS) is 10.2. The number of anilines is 1. The molecule has 0 aliphatic carbocycles. The van der Waals surface area contributed by atoms with Crippen molar-refractivity contribution in [3.8, 4) is 0 Å². The molecule has 2 aromatic rings. The second-order valence-corrected chi connectivity index (χ2v) is 5.85. The zero-order chi connectivity index (χ0) is 15.6. The van der Waals surface area contributed by atoms with E-state index in [-0.39, 0.29) is 11.6 Å². The zero-order valence-electron chi connectivity index (χ0n) is 11.5. The van der Waals surface area contributed by atoms with Crippen LogP contribution in [0.5, 0.6) is 0 Å². The van der Waals surface area contributed by atoms with Gasteiger partial charge in [-0.2, -0.15) is 0 Å². The Morgan fingerprint density at radius 1 is 1.19 bits per heavy atom. The van der Waals surface area contributed by atoms with E-state index in [1.807, 2.05) is 12.1 Å². The Morgan fingerprint density at radius 2 is 1.90 bits per heavy atom. The third kappa shape index (κ3) is 3.38. The van der Waals surface area contributed by atoms with Crippen LogP contribution >= 0.6 is 22.6 Å². The number of amides is 1. The van der Waals surface area contributed by atoms with Gasteiger partial charge in [0.15, 0.2) is 0 Å². The van der Waals surface area contributed by atoms with Crippen LogP contribution in [0.2, 0.25) is 0 Å². The molecule has 0 atom stereocenters. The van der Waals surface area contributed by atoms with Gasteiger partial charge in [-0.3, -0.25) is 14.9 Å². The molecule has 0 fully saturated rings. The molecule has 0 heterocycles. The van der Waals surface area contributed by atoms with Gasteiger partial charge in [0.2, 0.25) is 0 Å². The minimum absolute atomic E-state index is 0.0553. The fraction of sp³-hybridized carbons (Fsp3) is 0.133. The number of hydrogen-bond donors (Lipinski definition) is 1. The van der Waals surface area contributed by atoms with Crippen LogP contribution in [0, 0.1) is 27.5 Å². The largest absolute Gasteiger partial charge is 0.322 e. The third-order valence-corrected chi connectivity index (χ3v) is 3.96. The van der Waals surface area contributed by atoms with Crippen molar-refractivity contribution in [1.29, 1.82) is 0 Å². The topological polar surface area (TPSA) is 72.2 Å². The average Bonchev–Trinajstić information content (AvgIpc) is 2.43. The zero-order valence-corrected chi connectivity index (χ0v) is 13.7. The van der Waals surface area contributed by atoms with Crippen LogP contribution in [0.1, 0.15) is 21.5 Å². The van der Waals surface area contributed by atoms with Crippen molar-refractivity contribution in [2.45, 2.75) is 13.8 Å². The van der Waals surface area contributed by atoms with E-state index in [1.165, 1.54) is 6.07 Å². The second kappa shape index (κ2) is 6.21. The van der Waals surface area contributed by atoms with Gasteiger partial charge in [-0.05, 0) is 66.3 Å². The lowest BCUT2D eigenvalue weighted by Gasteiger charge is -2.11. The number of hydrogen-bond acceptors (Lipinski definition) is 3. The Balaban J connectivity index is 2.30. The van der Waals surface area contributed by atoms with Crippen LogP contribution in [-0.2, 0) is 0 Å².